The molecule has 0 saturated heterocycles. The van der Waals surface area contributed by atoms with Gasteiger partial charge >= 0.3 is 0 Å². The number of benzene rings is 1. The number of para-hydroxylation sites is 1. The summed E-state index contributed by atoms with van der Waals surface area (Å²) in [5.41, 5.74) is 2.66. The van der Waals surface area contributed by atoms with Gasteiger partial charge in [-0.2, -0.15) is 0 Å². The molecule has 1 N–H and O–H groups in total. The standard InChI is InChI=1S/C16H19N3O2S3/c1-11(14-10-17-16(23-4)18-12(14)2)15(22-3)24(20,21)19-13-8-6-5-7-9-13/h5-10,19H,1-4H3/b15-11+. The van der Waals surface area contributed by atoms with E-state index in [0.29, 0.717) is 16.4 Å². The zero-order chi connectivity index (χ0) is 17.7. The van der Waals surface area contributed by atoms with Crippen LogP contribution in [0.4, 0.5) is 5.69 Å². The van der Waals surface area contributed by atoms with E-state index in [9.17, 15) is 8.42 Å². The first-order valence-electron chi connectivity index (χ1n) is 7.09. The maximum Gasteiger partial charge on any atom is 0.268 e. The fraction of sp³-hybridized carbons (Fsp3) is 0.250. The molecule has 0 aliphatic rings. The van der Waals surface area contributed by atoms with Gasteiger partial charge in [-0.05, 0) is 44.1 Å². The number of anilines is 1. The lowest BCUT2D eigenvalue weighted by atomic mass is 10.1. The molecule has 2 aromatic rings. The van der Waals surface area contributed by atoms with Crippen LogP contribution < -0.4 is 4.72 Å². The first-order valence-corrected chi connectivity index (χ1v) is 11.0. The van der Waals surface area contributed by atoms with Crippen LogP contribution in [0.15, 0.2) is 45.9 Å². The minimum absolute atomic E-state index is 0.259. The lowest BCUT2D eigenvalue weighted by molar-refractivity contribution is 0.609. The van der Waals surface area contributed by atoms with Gasteiger partial charge in [-0.1, -0.05) is 30.0 Å². The van der Waals surface area contributed by atoms with E-state index in [1.165, 1.54) is 23.5 Å². The van der Waals surface area contributed by atoms with E-state index in [-0.39, 0.29) is 4.24 Å². The second-order valence-electron chi connectivity index (χ2n) is 4.94. The van der Waals surface area contributed by atoms with Crippen molar-refractivity contribution in [1.29, 1.82) is 0 Å². The molecule has 0 bridgehead atoms. The molecule has 0 aliphatic heterocycles. The van der Waals surface area contributed by atoms with Gasteiger partial charge in [0.1, 0.15) is 4.24 Å². The third-order valence-corrected chi connectivity index (χ3v) is 7.00. The number of sulfonamides is 1. The second kappa shape index (κ2) is 8.04. The first-order chi connectivity index (χ1) is 11.4. The summed E-state index contributed by atoms with van der Waals surface area (Å²) in [5.74, 6) is 0. The van der Waals surface area contributed by atoms with Crippen LogP contribution in [0.2, 0.25) is 0 Å². The number of rotatable bonds is 6. The maximum absolute atomic E-state index is 12.7. The number of hydrogen-bond acceptors (Lipinski definition) is 6. The summed E-state index contributed by atoms with van der Waals surface area (Å²) in [6.07, 6.45) is 5.33. The van der Waals surface area contributed by atoms with Crippen molar-refractivity contribution in [2.24, 2.45) is 0 Å². The Bertz CT molecular complexity index is 850. The summed E-state index contributed by atoms with van der Waals surface area (Å²) in [4.78, 5) is 8.64. The molecule has 2 rings (SSSR count). The van der Waals surface area contributed by atoms with Crippen molar-refractivity contribution in [1.82, 2.24) is 9.97 Å². The van der Waals surface area contributed by atoms with Crippen LogP contribution in [-0.2, 0) is 10.0 Å². The summed E-state index contributed by atoms with van der Waals surface area (Å²) in [6.45, 7) is 3.63. The zero-order valence-corrected chi connectivity index (χ0v) is 16.3. The Morgan fingerprint density at radius 1 is 1.17 bits per heavy atom. The highest BCUT2D eigenvalue weighted by Gasteiger charge is 2.22. The van der Waals surface area contributed by atoms with Crippen LogP contribution in [0.3, 0.4) is 0 Å². The predicted octanol–water partition coefficient (Wildman–Crippen LogP) is 4.00. The maximum atomic E-state index is 12.7. The van der Waals surface area contributed by atoms with Gasteiger partial charge in [0.25, 0.3) is 10.0 Å². The van der Waals surface area contributed by atoms with E-state index in [2.05, 4.69) is 14.7 Å². The third-order valence-electron chi connectivity index (χ3n) is 3.31. The van der Waals surface area contributed by atoms with Gasteiger partial charge in [0.15, 0.2) is 5.16 Å². The second-order valence-corrected chi connectivity index (χ2v) is 8.41. The molecule has 0 aliphatic carbocycles. The van der Waals surface area contributed by atoms with Gasteiger partial charge < -0.3 is 0 Å². The molecule has 8 heteroatoms. The number of hydrogen-bond donors (Lipinski definition) is 1. The predicted molar refractivity (Wildman–Crippen MR) is 104 cm³/mol. The Hall–Kier alpha value is -1.51. The lowest BCUT2D eigenvalue weighted by Gasteiger charge is -2.14. The van der Waals surface area contributed by atoms with E-state index < -0.39 is 10.0 Å². The van der Waals surface area contributed by atoms with Crippen LogP contribution in [0, 0.1) is 6.92 Å². The normalized spacial score (nSPS) is 12.7. The molecule has 0 amide bonds. The largest absolute Gasteiger partial charge is 0.279 e. The number of thioether (sulfide) groups is 2. The number of allylic oxidation sites excluding steroid dienone is 1. The fourth-order valence-corrected chi connectivity index (χ4v) is 5.05. The molecule has 1 aromatic carbocycles. The highest BCUT2D eigenvalue weighted by atomic mass is 32.3. The number of nitrogens with zero attached hydrogens (tertiary/aromatic N) is 2. The Labute approximate surface area is 151 Å². The monoisotopic (exact) mass is 381 g/mol. The number of aromatic nitrogens is 2. The molecule has 5 nitrogen and oxygen atoms in total. The molecule has 128 valence electrons. The van der Waals surface area contributed by atoms with E-state index in [1.807, 2.05) is 19.2 Å². The highest BCUT2D eigenvalue weighted by Crippen LogP contribution is 2.31. The van der Waals surface area contributed by atoms with Crippen molar-refractivity contribution in [2.75, 3.05) is 17.2 Å². The molecule has 0 saturated carbocycles. The van der Waals surface area contributed by atoms with Crippen molar-refractivity contribution < 1.29 is 8.42 Å². The Kier molecular flexibility index (Phi) is 6.31. The molecule has 0 radical (unpaired) electrons. The number of aryl methyl sites for hydroxylation is 1. The average Bonchev–Trinajstić information content (AvgIpc) is 2.55. The van der Waals surface area contributed by atoms with Gasteiger partial charge in [0.05, 0.1) is 0 Å². The first kappa shape index (κ1) is 18.8. The molecule has 1 heterocycles. The molecular weight excluding hydrogens is 362 g/mol. The zero-order valence-electron chi connectivity index (χ0n) is 13.9. The Balaban J connectivity index is 2.46. The van der Waals surface area contributed by atoms with Crippen LogP contribution in [0.25, 0.3) is 5.57 Å². The Morgan fingerprint density at radius 2 is 1.83 bits per heavy atom. The molecule has 1 aromatic heterocycles. The number of nitrogens with one attached hydrogen (secondary N) is 1. The van der Waals surface area contributed by atoms with Crippen LogP contribution >= 0.6 is 23.5 Å². The molecule has 24 heavy (non-hydrogen) atoms. The average molecular weight is 382 g/mol. The van der Waals surface area contributed by atoms with Gasteiger partial charge in [0.2, 0.25) is 0 Å². The highest BCUT2D eigenvalue weighted by molar-refractivity contribution is 8.19. The lowest BCUT2D eigenvalue weighted by Crippen LogP contribution is -2.14. The van der Waals surface area contributed by atoms with E-state index in [4.69, 9.17) is 0 Å². The summed E-state index contributed by atoms with van der Waals surface area (Å²) in [7, 11) is -3.67. The van der Waals surface area contributed by atoms with Gasteiger partial charge in [-0.15, -0.1) is 11.8 Å². The summed E-state index contributed by atoms with van der Waals surface area (Å²) in [6, 6.07) is 8.83. The molecule has 0 fully saturated rings. The molecule has 0 spiro atoms. The van der Waals surface area contributed by atoms with Gasteiger partial charge in [-0.3, -0.25) is 4.72 Å². The van der Waals surface area contributed by atoms with Gasteiger partial charge in [0, 0.05) is 23.1 Å². The van der Waals surface area contributed by atoms with Crippen molar-refractivity contribution in [2.45, 2.75) is 19.0 Å². The van der Waals surface area contributed by atoms with E-state index in [0.717, 1.165) is 11.3 Å². The minimum atomic E-state index is -3.67. The van der Waals surface area contributed by atoms with Gasteiger partial charge in [-0.25, -0.2) is 18.4 Å². The van der Waals surface area contributed by atoms with Crippen molar-refractivity contribution in [3.8, 4) is 0 Å². The smallest absolute Gasteiger partial charge is 0.268 e. The van der Waals surface area contributed by atoms with Crippen molar-refractivity contribution >= 4 is 44.8 Å². The van der Waals surface area contributed by atoms with Crippen LogP contribution in [0.1, 0.15) is 18.2 Å². The summed E-state index contributed by atoms with van der Waals surface area (Å²) < 4.78 is 28.4. The van der Waals surface area contributed by atoms with Crippen LogP contribution in [-0.4, -0.2) is 30.9 Å². The van der Waals surface area contributed by atoms with Crippen molar-refractivity contribution in [3.05, 3.63) is 52.0 Å². The fourth-order valence-electron chi connectivity index (χ4n) is 2.19. The topological polar surface area (TPSA) is 72.0 Å². The van der Waals surface area contributed by atoms with Crippen LogP contribution in [0.5, 0.6) is 0 Å². The molecule has 0 atom stereocenters. The molecular formula is C16H19N3O2S3. The SMILES string of the molecule is CS/C(=C(/C)c1cnc(SC)nc1C)S(=O)(=O)Nc1ccccc1. The molecule has 0 unspecified atom stereocenters. The third kappa shape index (κ3) is 4.31. The van der Waals surface area contributed by atoms with E-state index in [1.54, 1.807) is 43.6 Å². The Morgan fingerprint density at radius 3 is 2.38 bits per heavy atom. The van der Waals surface area contributed by atoms with E-state index >= 15 is 0 Å². The quantitative estimate of drug-likeness (QED) is 0.602. The van der Waals surface area contributed by atoms with Crippen molar-refractivity contribution in [3.63, 3.8) is 0 Å². The minimum Gasteiger partial charge on any atom is -0.279 e. The summed E-state index contributed by atoms with van der Waals surface area (Å²) in [5, 5.41) is 0.667. The summed E-state index contributed by atoms with van der Waals surface area (Å²) >= 11 is 2.64.